The minimum absolute atomic E-state index is 0.0113. The number of rotatable bonds is 10. The van der Waals surface area contributed by atoms with Crippen LogP contribution in [0.4, 0.5) is 16.5 Å². The highest BCUT2D eigenvalue weighted by Crippen LogP contribution is 2.42. The lowest BCUT2D eigenvalue weighted by Crippen LogP contribution is -2.65. The molecule has 1 N–H and O–H groups in total. The monoisotopic (exact) mass is 668 g/mol. The average molecular weight is 669 g/mol. The summed E-state index contributed by atoms with van der Waals surface area (Å²) in [5.41, 5.74) is 0.723. The van der Waals surface area contributed by atoms with Crippen LogP contribution in [0.3, 0.4) is 0 Å². The number of nitro benzene ring substituents is 1. The third-order valence-corrected chi connectivity index (χ3v) is 10.9. The molecular formula is C35H38N5O7Si. The van der Waals surface area contributed by atoms with E-state index in [9.17, 15) is 19.7 Å². The molecule has 6 rings (SSSR count). The number of hydrogen-bond acceptors (Lipinski definition) is 9. The second kappa shape index (κ2) is 14.0. The predicted molar refractivity (Wildman–Crippen MR) is 180 cm³/mol. The Morgan fingerprint density at radius 3 is 2.25 bits per heavy atom. The molecule has 1 radical (unpaired) electrons. The van der Waals surface area contributed by atoms with Gasteiger partial charge in [-0.25, -0.2) is 4.79 Å². The van der Waals surface area contributed by atoms with Gasteiger partial charge >= 0.3 is 6.09 Å². The number of oxazole rings is 1. The molecule has 2 aliphatic rings. The van der Waals surface area contributed by atoms with Crippen LogP contribution in [-0.4, -0.2) is 67.8 Å². The van der Waals surface area contributed by atoms with Crippen LogP contribution in [0.2, 0.25) is 0 Å². The van der Waals surface area contributed by atoms with Crippen LogP contribution in [0, 0.1) is 21.4 Å². The second-order valence-corrected chi connectivity index (χ2v) is 15.1. The second-order valence-electron chi connectivity index (χ2n) is 13.1. The number of nitrogens with zero attached hydrogens (tertiary/aromatic N) is 4. The zero-order valence-corrected chi connectivity index (χ0v) is 28.1. The molecule has 0 aliphatic carbocycles. The predicted octanol–water partition coefficient (Wildman–Crippen LogP) is 4.35. The lowest BCUT2D eigenvalue weighted by molar-refractivity contribution is -0.384. The number of amides is 2. The smallest absolute Gasteiger partial charge is 0.410 e. The normalized spacial score (nSPS) is 19.2. The van der Waals surface area contributed by atoms with Crippen molar-refractivity contribution in [1.82, 2.24) is 15.2 Å². The number of hydrogen-bond donors (Lipinski definition) is 1. The molecule has 2 unspecified atom stereocenters. The van der Waals surface area contributed by atoms with Gasteiger partial charge in [0.05, 0.1) is 4.92 Å². The number of nitrogens with one attached hydrogen (secondary N) is 1. The molecule has 12 nitrogen and oxygen atoms in total. The van der Waals surface area contributed by atoms with Gasteiger partial charge in [0.25, 0.3) is 26.6 Å². The van der Waals surface area contributed by atoms with E-state index >= 15 is 0 Å². The maximum absolute atomic E-state index is 13.2. The molecule has 2 aliphatic heterocycles. The fourth-order valence-corrected chi connectivity index (χ4v) is 8.00. The van der Waals surface area contributed by atoms with Gasteiger partial charge in [0.2, 0.25) is 0 Å². The minimum Gasteiger partial charge on any atom is -0.445 e. The lowest BCUT2D eigenvalue weighted by atomic mass is 9.74. The fourth-order valence-electron chi connectivity index (χ4n) is 5.88. The fraction of sp³-hybridized carbons (Fsp3) is 0.343. The van der Waals surface area contributed by atoms with E-state index in [1.807, 2.05) is 41.3 Å². The van der Waals surface area contributed by atoms with Crippen molar-refractivity contribution in [3.8, 4) is 0 Å². The van der Waals surface area contributed by atoms with Crippen LogP contribution in [0.15, 0.2) is 95.6 Å². The largest absolute Gasteiger partial charge is 0.445 e. The van der Waals surface area contributed by atoms with Crippen molar-refractivity contribution in [3.63, 3.8) is 0 Å². The Labute approximate surface area is 280 Å². The number of benzene rings is 3. The van der Waals surface area contributed by atoms with Gasteiger partial charge in [0.15, 0.2) is 5.69 Å². The quantitative estimate of drug-likeness (QED) is 0.148. The number of carbonyl (C=O) groups excluding carboxylic acids is 2. The highest BCUT2D eigenvalue weighted by atomic mass is 28.3. The summed E-state index contributed by atoms with van der Waals surface area (Å²) in [6.45, 7) is 7.97. The van der Waals surface area contributed by atoms with E-state index in [-0.39, 0.29) is 54.0 Å². The molecule has 13 heteroatoms. The van der Waals surface area contributed by atoms with Crippen molar-refractivity contribution >= 4 is 43.1 Å². The molecule has 48 heavy (non-hydrogen) atoms. The number of aromatic nitrogens is 1. The third kappa shape index (κ3) is 7.42. The number of nitro groups is 1. The van der Waals surface area contributed by atoms with Crippen molar-refractivity contribution in [2.45, 2.75) is 46.1 Å². The zero-order chi connectivity index (χ0) is 33.8. The maximum atomic E-state index is 13.2. The highest BCUT2D eigenvalue weighted by Gasteiger charge is 2.49. The summed E-state index contributed by atoms with van der Waals surface area (Å²) < 4.78 is 18.2. The average Bonchev–Trinajstić information content (AvgIpc) is 3.74. The standard InChI is InChI=1S/C35H38N5O7Si/c1-35(2,3)29-21-39(32(29)47-48(27-10-6-4-7-11-27)28-12-8-5-9-13-28)33-37-30(23-45-33)31(41)36-25-18-19-38(20-25)34(42)46-22-24-14-16-26(17-15-24)40(43)44/h4-17,23,25,29,32H,18-22H2,1-3H3,(H,36,41)/t25-,29?,32?/m0/s1. The van der Waals surface area contributed by atoms with Crippen LogP contribution in [0.5, 0.6) is 0 Å². The molecule has 0 bridgehead atoms. The Bertz CT molecular complexity index is 1690. The molecule has 3 atom stereocenters. The van der Waals surface area contributed by atoms with Gasteiger partial charge in [0, 0.05) is 43.7 Å². The molecule has 2 fully saturated rings. The highest BCUT2D eigenvalue weighted by molar-refractivity contribution is 6.80. The molecule has 2 amide bonds. The molecular weight excluding hydrogens is 630 g/mol. The van der Waals surface area contributed by atoms with Crippen molar-refractivity contribution in [2.24, 2.45) is 11.3 Å². The number of carbonyl (C=O) groups is 2. The van der Waals surface area contributed by atoms with Gasteiger partial charge in [-0.3, -0.25) is 14.9 Å². The van der Waals surface area contributed by atoms with Gasteiger partial charge < -0.3 is 28.7 Å². The van der Waals surface area contributed by atoms with Gasteiger partial charge in [-0.15, -0.1) is 0 Å². The summed E-state index contributed by atoms with van der Waals surface area (Å²) in [5, 5.41) is 16.1. The van der Waals surface area contributed by atoms with Crippen LogP contribution >= 0.6 is 0 Å². The Kier molecular flexibility index (Phi) is 9.60. The van der Waals surface area contributed by atoms with E-state index < -0.39 is 20.1 Å². The molecule has 0 spiro atoms. The van der Waals surface area contributed by atoms with Crippen LogP contribution in [0.25, 0.3) is 0 Å². The van der Waals surface area contributed by atoms with E-state index in [4.69, 9.17) is 13.6 Å². The Balaban J connectivity index is 1.07. The first-order chi connectivity index (χ1) is 23.1. The number of non-ortho nitro benzene ring substituents is 1. The van der Waals surface area contributed by atoms with E-state index in [2.05, 4.69) is 55.3 Å². The third-order valence-electron chi connectivity index (χ3n) is 8.73. The van der Waals surface area contributed by atoms with E-state index in [0.717, 1.165) is 10.4 Å². The summed E-state index contributed by atoms with van der Waals surface area (Å²) in [6.07, 6.45) is 1.10. The molecule has 3 aromatic carbocycles. The molecule has 1 aromatic heterocycles. The van der Waals surface area contributed by atoms with Crippen molar-refractivity contribution in [2.75, 3.05) is 24.5 Å². The van der Waals surface area contributed by atoms with Crippen LogP contribution in [-0.2, 0) is 15.8 Å². The van der Waals surface area contributed by atoms with Crippen molar-refractivity contribution in [1.29, 1.82) is 0 Å². The first-order valence-electron chi connectivity index (χ1n) is 15.9. The summed E-state index contributed by atoms with van der Waals surface area (Å²) in [5.74, 6) is -0.182. The van der Waals surface area contributed by atoms with E-state index in [0.29, 0.717) is 31.1 Å². The summed E-state index contributed by atoms with van der Waals surface area (Å²) in [6, 6.07) is 26.4. The van der Waals surface area contributed by atoms with E-state index in [1.165, 1.54) is 23.3 Å². The topological polar surface area (TPSA) is 140 Å². The van der Waals surface area contributed by atoms with Gasteiger partial charge in [-0.1, -0.05) is 81.4 Å². The maximum Gasteiger partial charge on any atom is 0.410 e. The van der Waals surface area contributed by atoms with Crippen molar-refractivity contribution < 1.29 is 28.1 Å². The van der Waals surface area contributed by atoms with Crippen molar-refractivity contribution in [3.05, 3.63) is 113 Å². The molecule has 4 aromatic rings. The SMILES string of the molecule is CC(C)(C)C1CN(c2nc(C(=O)N[C@H]3CCN(C(=O)OCc4ccc([N+](=O)[O-])cc4)C3)co2)C1O[Si](c1ccccc1)c1ccccc1. The number of anilines is 1. The molecule has 249 valence electrons. The first-order valence-corrected chi connectivity index (χ1v) is 17.3. The van der Waals surface area contributed by atoms with Gasteiger partial charge in [-0.2, -0.15) is 4.98 Å². The first kappa shape index (κ1) is 32.9. The number of likely N-dealkylation sites (tertiary alicyclic amines) is 1. The van der Waals surface area contributed by atoms with Gasteiger partial charge in [0.1, 0.15) is 19.1 Å². The van der Waals surface area contributed by atoms with E-state index in [1.54, 1.807) is 12.1 Å². The molecule has 0 saturated carbocycles. The zero-order valence-electron chi connectivity index (χ0n) is 27.1. The Morgan fingerprint density at radius 1 is 1.00 bits per heavy atom. The molecule has 3 heterocycles. The summed E-state index contributed by atoms with van der Waals surface area (Å²) in [7, 11) is -1.61. The Hall–Kier alpha value is -5.01. The Morgan fingerprint density at radius 2 is 1.65 bits per heavy atom. The number of ether oxygens (including phenoxy) is 1. The lowest BCUT2D eigenvalue weighted by Gasteiger charge is -2.53. The van der Waals surface area contributed by atoms with Gasteiger partial charge in [-0.05, 0) is 39.9 Å². The minimum atomic E-state index is -1.61. The molecule has 2 saturated heterocycles. The van der Waals surface area contributed by atoms with Crippen LogP contribution < -0.4 is 20.6 Å². The summed E-state index contributed by atoms with van der Waals surface area (Å²) in [4.78, 5) is 44.3. The summed E-state index contributed by atoms with van der Waals surface area (Å²) >= 11 is 0. The van der Waals surface area contributed by atoms with Crippen LogP contribution in [0.1, 0.15) is 43.2 Å².